The summed E-state index contributed by atoms with van der Waals surface area (Å²) in [5.74, 6) is 0.771. The van der Waals surface area contributed by atoms with Gasteiger partial charge < -0.3 is 10.1 Å². The van der Waals surface area contributed by atoms with Crippen LogP contribution in [0.4, 0.5) is 4.79 Å². The molecule has 126 valence electrons. The standard InChI is InChI=1S/C16H18N4O3S/c1-9-2-3-10-11(6-9)24-15-13(10)14(18-8-19-15)23-7-12(21)20-5-4-17-16(20)22/h8-9H,2-7H2,1H3,(H,17,22)/t9-/m1/s1. The Balaban J connectivity index is 1.58. The Morgan fingerprint density at radius 3 is 3.17 bits per heavy atom. The maximum absolute atomic E-state index is 12.1. The van der Waals surface area contributed by atoms with Gasteiger partial charge in [-0.3, -0.25) is 9.69 Å². The normalized spacial score (nSPS) is 20.1. The minimum atomic E-state index is -0.363. The molecule has 1 fully saturated rings. The topological polar surface area (TPSA) is 84.4 Å². The van der Waals surface area contributed by atoms with E-state index in [2.05, 4.69) is 22.2 Å². The summed E-state index contributed by atoms with van der Waals surface area (Å²) in [5, 5.41) is 3.54. The lowest BCUT2D eigenvalue weighted by molar-refractivity contribution is -0.129. The number of thiophene rings is 1. The third-order valence-electron chi connectivity index (χ3n) is 4.55. The summed E-state index contributed by atoms with van der Waals surface area (Å²) in [4.78, 5) is 35.7. The summed E-state index contributed by atoms with van der Waals surface area (Å²) in [6.07, 6.45) is 4.65. The highest BCUT2D eigenvalue weighted by Crippen LogP contribution is 2.40. The second-order valence-electron chi connectivity index (χ2n) is 6.28. The van der Waals surface area contributed by atoms with Crippen LogP contribution in [-0.2, 0) is 17.6 Å². The van der Waals surface area contributed by atoms with Gasteiger partial charge >= 0.3 is 6.03 Å². The molecule has 3 amide bonds. The van der Waals surface area contributed by atoms with E-state index in [-0.39, 0.29) is 18.5 Å². The van der Waals surface area contributed by atoms with Crippen molar-refractivity contribution in [2.45, 2.75) is 26.2 Å². The van der Waals surface area contributed by atoms with E-state index in [1.165, 1.54) is 21.7 Å². The summed E-state index contributed by atoms with van der Waals surface area (Å²) in [6, 6.07) is -0.363. The highest BCUT2D eigenvalue weighted by Gasteiger charge is 2.27. The molecule has 4 rings (SSSR count). The van der Waals surface area contributed by atoms with E-state index in [1.807, 2.05) is 0 Å². The zero-order valence-corrected chi connectivity index (χ0v) is 14.2. The predicted octanol–water partition coefficient (Wildman–Crippen LogP) is 1.75. The van der Waals surface area contributed by atoms with Crippen LogP contribution in [0.15, 0.2) is 6.33 Å². The molecule has 0 aromatic carbocycles. The first kappa shape index (κ1) is 15.3. The molecule has 2 aliphatic rings. The minimum Gasteiger partial charge on any atom is -0.467 e. The molecule has 1 N–H and O–H groups in total. The van der Waals surface area contributed by atoms with Crippen molar-refractivity contribution in [1.82, 2.24) is 20.2 Å². The molecular formula is C16H18N4O3S. The number of nitrogens with one attached hydrogen (secondary N) is 1. The first-order chi connectivity index (χ1) is 11.6. The Kier molecular flexibility index (Phi) is 3.84. The lowest BCUT2D eigenvalue weighted by Gasteiger charge is -2.18. The summed E-state index contributed by atoms with van der Waals surface area (Å²) < 4.78 is 5.68. The largest absolute Gasteiger partial charge is 0.467 e. The smallest absolute Gasteiger partial charge is 0.324 e. The van der Waals surface area contributed by atoms with Gasteiger partial charge in [-0.25, -0.2) is 14.8 Å². The third kappa shape index (κ3) is 2.60. The molecule has 8 heteroatoms. The average molecular weight is 346 g/mol. The minimum absolute atomic E-state index is 0.194. The van der Waals surface area contributed by atoms with Crippen molar-refractivity contribution in [2.24, 2.45) is 5.92 Å². The van der Waals surface area contributed by atoms with Crippen LogP contribution >= 0.6 is 11.3 Å². The molecule has 1 atom stereocenters. The SMILES string of the molecule is C[C@@H]1CCc2c(sc3ncnc(OCC(=O)N4CCNC4=O)c23)C1. The summed E-state index contributed by atoms with van der Waals surface area (Å²) in [7, 11) is 0. The van der Waals surface area contributed by atoms with Gasteiger partial charge in [-0.1, -0.05) is 6.92 Å². The lowest BCUT2D eigenvalue weighted by atomic mass is 9.89. The zero-order valence-electron chi connectivity index (χ0n) is 13.4. The number of aromatic nitrogens is 2. The van der Waals surface area contributed by atoms with Crippen molar-refractivity contribution >= 4 is 33.5 Å². The summed E-state index contributed by atoms with van der Waals surface area (Å²) in [5.41, 5.74) is 1.26. The van der Waals surface area contributed by atoms with Crippen molar-refractivity contribution < 1.29 is 14.3 Å². The monoisotopic (exact) mass is 346 g/mol. The number of carbonyl (C=O) groups is 2. The molecule has 0 saturated carbocycles. The number of urea groups is 1. The van der Waals surface area contributed by atoms with Crippen molar-refractivity contribution in [1.29, 1.82) is 0 Å². The van der Waals surface area contributed by atoms with Crippen LogP contribution < -0.4 is 10.1 Å². The third-order valence-corrected chi connectivity index (χ3v) is 5.71. The van der Waals surface area contributed by atoms with Crippen LogP contribution in [0.1, 0.15) is 23.8 Å². The fourth-order valence-electron chi connectivity index (χ4n) is 3.27. The number of amides is 3. The molecule has 0 bridgehead atoms. The van der Waals surface area contributed by atoms with Gasteiger partial charge in [0.2, 0.25) is 5.88 Å². The summed E-state index contributed by atoms with van der Waals surface area (Å²) in [6.45, 7) is 2.93. The van der Waals surface area contributed by atoms with E-state index in [4.69, 9.17) is 4.74 Å². The van der Waals surface area contributed by atoms with E-state index >= 15 is 0 Å². The van der Waals surface area contributed by atoms with Gasteiger partial charge in [0.05, 0.1) is 5.39 Å². The Morgan fingerprint density at radius 1 is 1.50 bits per heavy atom. The van der Waals surface area contributed by atoms with Gasteiger partial charge in [-0.15, -0.1) is 11.3 Å². The van der Waals surface area contributed by atoms with Crippen molar-refractivity contribution in [3.8, 4) is 5.88 Å². The molecule has 3 heterocycles. The number of rotatable bonds is 3. The maximum atomic E-state index is 12.1. The Labute approximate surface area is 143 Å². The van der Waals surface area contributed by atoms with Gasteiger partial charge in [-0.2, -0.15) is 0 Å². The van der Waals surface area contributed by atoms with Gasteiger partial charge in [0, 0.05) is 18.0 Å². The number of fused-ring (bicyclic) bond motifs is 3. The predicted molar refractivity (Wildman–Crippen MR) is 89.2 cm³/mol. The molecule has 1 aliphatic heterocycles. The number of imide groups is 1. The molecular weight excluding hydrogens is 328 g/mol. The molecule has 7 nitrogen and oxygen atoms in total. The van der Waals surface area contributed by atoms with E-state index in [0.29, 0.717) is 24.9 Å². The fourth-order valence-corrected chi connectivity index (χ4v) is 4.61. The van der Waals surface area contributed by atoms with Crippen molar-refractivity contribution in [2.75, 3.05) is 19.7 Å². The molecule has 24 heavy (non-hydrogen) atoms. The summed E-state index contributed by atoms with van der Waals surface area (Å²) >= 11 is 1.69. The first-order valence-corrected chi connectivity index (χ1v) is 8.91. The van der Waals surface area contributed by atoms with E-state index < -0.39 is 0 Å². The van der Waals surface area contributed by atoms with Crippen LogP contribution in [0.25, 0.3) is 10.2 Å². The van der Waals surface area contributed by atoms with Crippen LogP contribution in [0.5, 0.6) is 5.88 Å². The second kappa shape index (κ2) is 6.01. The van der Waals surface area contributed by atoms with E-state index in [1.54, 1.807) is 11.3 Å². The maximum Gasteiger partial charge on any atom is 0.324 e. The van der Waals surface area contributed by atoms with E-state index in [0.717, 1.165) is 29.5 Å². The van der Waals surface area contributed by atoms with Crippen LogP contribution in [0, 0.1) is 5.92 Å². The van der Waals surface area contributed by atoms with Crippen LogP contribution in [-0.4, -0.2) is 46.5 Å². The van der Waals surface area contributed by atoms with Gasteiger partial charge in [0.15, 0.2) is 6.61 Å². The number of nitrogens with zero attached hydrogens (tertiary/aromatic N) is 3. The van der Waals surface area contributed by atoms with Crippen molar-refractivity contribution in [3.63, 3.8) is 0 Å². The highest BCUT2D eigenvalue weighted by molar-refractivity contribution is 7.18. The number of aryl methyl sites for hydroxylation is 1. The highest BCUT2D eigenvalue weighted by atomic mass is 32.1. The molecule has 2 aromatic rings. The van der Waals surface area contributed by atoms with Crippen molar-refractivity contribution in [3.05, 3.63) is 16.8 Å². The first-order valence-electron chi connectivity index (χ1n) is 8.09. The molecule has 0 radical (unpaired) electrons. The van der Waals surface area contributed by atoms with E-state index in [9.17, 15) is 9.59 Å². The van der Waals surface area contributed by atoms with Gasteiger partial charge in [0.1, 0.15) is 11.2 Å². The average Bonchev–Trinajstić information content (AvgIpc) is 3.15. The molecule has 2 aromatic heterocycles. The molecule has 1 aliphatic carbocycles. The second-order valence-corrected chi connectivity index (χ2v) is 7.36. The Morgan fingerprint density at radius 2 is 2.38 bits per heavy atom. The lowest BCUT2D eigenvalue weighted by Crippen LogP contribution is -2.37. The number of hydrogen-bond donors (Lipinski definition) is 1. The van der Waals surface area contributed by atoms with Gasteiger partial charge in [0.25, 0.3) is 5.91 Å². The Hall–Kier alpha value is -2.22. The number of ether oxygens (including phenoxy) is 1. The zero-order chi connectivity index (χ0) is 16.7. The number of carbonyl (C=O) groups excluding carboxylic acids is 2. The molecule has 0 spiro atoms. The number of hydrogen-bond acceptors (Lipinski definition) is 6. The quantitative estimate of drug-likeness (QED) is 0.915. The Bertz CT molecular complexity index is 819. The van der Waals surface area contributed by atoms with Gasteiger partial charge in [-0.05, 0) is 30.7 Å². The van der Waals surface area contributed by atoms with Crippen LogP contribution in [0.2, 0.25) is 0 Å². The molecule has 0 unspecified atom stereocenters. The van der Waals surface area contributed by atoms with Crippen LogP contribution in [0.3, 0.4) is 0 Å². The molecule has 1 saturated heterocycles. The fraction of sp³-hybridized carbons (Fsp3) is 0.500.